The van der Waals surface area contributed by atoms with E-state index in [9.17, 15) is 14.0 Å². The number of nitriles is 1. The number of likely N-dealkylation sites (tertiary alicyclic amines) is 1. The Labute approximate surface area is 114 Å². The molecule has 1 unspecified atom stereocenters. The van der Waals surface area contributed by atoms with Crippen LogP contribution >= 0.6 is 0 Å². The third-order valence-corrected chi connectivity index (χ3v) is 3.32. The number of hydrogen-bond acceptors (Lipinski definition) is 4. The second kappa shape index (κ2) is 4.89. The Morgan fingerprint density at radius 3 is 2.75 bits per heavy atom. The zero-order chi connectivity index (χ0) is 14.9. The van der Waals surface area contributed by atoms with Crippen molar-refractivity contribution in [2.75, 3.05) is 13.1 Å². The number of carbonyl (C=O) groups excluding carboxylic acids is 1. The molecule has 0 aliphatic carbocycles. The fourth-order valence-electron chi connectivity index (χ4n) is 2.08. The second-order valence-electron chi connectivity index (χ2n) is 4.69. The summed E-state index contributed by atoms with van der Waals surface area (Å²) >= 11 is 0. The van der Waals surface area contributed by atoms with Crippen LogP contribution in [0.5, 0.6) is 0 Å². The Bertz CT molecular complexity index is 626. The molecule has 1 aromatic rings. The lowest BCUT2D eigenvalue weighted by atomic mass is 10.1. The maximum atomic E-state index is 13.9. The molecule has 1 saturated heterocycles. The number of carbonyl (C=O) groups is 2. The maximum Gasteiger partial charge on any atom is 0.343 e. The number of pyridine rings is 1. The number of amides is 1. The van der Waals surface area contributed by atoms with Gasteiger partial charge in [-0.15, -0.1) is 0 Å². The SMILES string of the molecule is Cc1nc(C(=O)N2CCC(F)(C(=O)O)C2)ccc1C#N. The molecule has 0 aromatic carbocycles. The van der Waals surface area contributed by atoms with E-state index in [1.165, 1.54) is 12.1 Å². The number of carboxylic acid groups (broad SMARTS) is 1. The molecule has 7 heteroatoms. The van der Waals surface area contributed by atoms with Crippen LogP contribution in [-0.2, 0) is 4.79 Å². The molecule has 20 heavy (non-hydrogen) atoms. The molecule has 0 bridgehead atoms. The molecule has 0 spiro atoms. The lowest BCUT2D eigenvalue weighted by Crippen LogP contribution is -2.39. The molecule has 1 aliphatic heterocycles. The third-order valence-electron chi connectivity index (χ3n) is 3.32. The molecular weight excluding hydrogens is 265 g/mol. The molecule has 1 amide bonds. The van der Waals surface area contributed by atoms with E-state index < -0.39 is 24.1 Å². The number of nitrogens with zero attached hydrogens (tertiary/aromatic N) is 3. The van der Waals surface area contributed by atoms with Gasteiger partial charge in [0.05, 0.1) is 17.8 Å². The first-order chi connectivity index (χ1) is 9.37. The Balaban J connectivity index is 2.20. The number of aryl methyl sites for hydroxylation is 1. The number of halogens is 1. The van der Waals surface area contributed by atoms with Crippen molar-refractivity contribution >= 4 is 11.9 Å². The van der Waals surface area contributed by atoms with Crippen LogP contribution in [0, 0.1) is 18.3 Å². The Morgan fingerprint density at radius 1 is 1.55 bits per heavy atom. The molecule has 1 N–H and O–H groups in total. The minimum atomic E-state index is -2.39. The molecule has 2 heterocycles. The number of aromatic nitrogens is 1. The van der Waals surface area contributed by atoms with Crippen LogP contribution in [0.4, 0.5) is 4.39 Å². The average molecular weight is 277 g/mol. The number of aliphatic carboxylic acids is 1. The summed E-state index contributed by atoms with van der Waals surface area (Å²) in [7, 11) is 0. The quantitative estimate of drug-likeness (QED) is 0.866. The van der Waals surface area contributed by atoms with Gasteiger partial charge >= 0.3 is 5.97 Å². The van der Waals surface area contributed by atoms with E-state index in [1.54, 1.807) is 6.92 Å². The summed E-state index contributed by atoms with van der Waals surface area (Å²) in [6.07, 6.45) is -0.233. The Kier molecular flexibility index (Phi) is 3.40. The van der Waals surface area contributed by atoms with Gasteiger partial charge in [0.1, 0.15) is 11.8 Å². The molecule has 104 valence electrons. The average Bonchev–Trinajstić information content (AvgIpc) is 2.82. The van der Waals surface area contributed by atoms with E-state index in [2.05, 4.69) is 4.98 Å². The van der Waals surface area contributed by atoms with Crippen molar-refractivity contribution in [3.63, 3.8) is 0 Å². The summed E-state index contributed by atoms with van der Waals surface area (Å²) in [5.74, 6) is -2.09. The first-order valence-electron chi connectivity index (χ1n) is 5.97. The molecule has 0 saturated carbocycles. The molecule has 0 radical (unpaired) electrons. The van der Waals surface area contributed by atoms with Crippen LogP contribution in [0.1, 0.15) is 28.2 Å². The van der Waals surface area contributed by atoms with Gasteiger partial charge in [-0.2, -0.15) is 5.26 Å². The van der Waals surface area contributed by atoms with Crippen molar-refractivity contribution in [2.24, 2.45) is 0 Å². The summed E-state index contributed by atoms with van der Waals surface area (Å²) in [4.78, 5) is 28.1. The number of rotatable bonds is 2. The van der Waals surface area contributed by atoms with Crippen LogP contribution in [0.25, 0.3) is 0 Å². The van der Waals surface area contributed by atoms with E-state index in [4.69, 9.17) is 10.4 Å². The summed E-state index contributed by atoms with van der Waals surface area (Å²) in [6.45, 7) is 1.14. The van der Waals surface area contributed by atoms with Crippen LogP contribution in [0.3, 0.4) is 0 Å². The zero-order valence-electron chi connectivity index (χ0n) is 10.8. The maximum absolute atomic E-state index is 13.9. The summed E-state index contributed by atoms with van der Waals surface area (Å²) in [5.41, 5.74) is -1.55. The van der Waals surface area contributed by atoms with Gasteiger partial charge in [-0.1, -0.05) is 0 Å². The molecule has 1 fully saturated rings. The molecule has 2 rings (SSSR count). The van der Waals surface area contributed by atoms with E-state index in [0.29, 0.717) is 11.3 Å². The highest BCUT2D eigenvalue weighted by Gasteiger charge is 2.47. The van der Waals surface area contributed by atoms with E-state index in [0.717, 1.165) is 4.90 Å². The van der Waals surface area contributed by atoms with Crippen molar-refractivity contribution in [3.8, 4) is 6.07 Å². The van der Waals surface area contributed by atoms with Gasteiger partial charge in [0, 0.05) is 13.0 Å². The van der Waals surface area contributed by atoms with Crippen LogP contribution in [-0.4, -0.2) is 45.6 Å². The fourth-order valence-corrected chi connectivity index (χ4v) is 2.08. The van der Waals surface area contributed by atoms with E-state index in [-0.39, 0.29) is 18.7 Å². The van der Waals surface area contributed by atoms with Gasteiger partial charge < -0.3 is 10.0 Å². The van der Waals surface area contributed by atoms with Gasteiger partial charge in [-0.3, -0.25) is 4.79 Å². The molecule has 6 nitrogen and oxygen atoms in total. The van der Waals surface area contributed by atoms with Gasteiger partial charge in [-0.25, -0.2) is 14.2 Å². The number of carboxylic acids is 1. The minimum absolute atomic E-state index is 0.0301. The van der Waals surface area contributed by atoms with Crippen molar-refractivity contribution in [2.45, 2.75) is 19.0 Å². The van der Waals surface area contributed by atoms with Crippen molar-refractivity contribution in [1.82, 2.24) is 9.88 Å². The number of hydrogen-bond donors (Lipinski definition) is 1. The standard InChI is InChI=1S/C13H12FN3O3/c1-8-9(6-15)2-3-10(16-8)11(18)17-5-4-13(14,7-17)12(19)20/h2-3H,4-5,7H2,1H3,(H,19,20). The lowest BCUT2D eigenvalue weighted by molar-refractivity contribution is -0.149. The van der Waals surface area contributed by atoms with Gasteiger partial charge in [-0.05, 0) is 19.1 Å². The topological polar surface area (TPSA) is 94.3 Å². The molecule has 1 aromatic heterocycles. The smallest absolute Gasteiger partial charge is 0.343 e. The highest BCUT2D eigenvalue weighted by Crippen LogP contribution is 2.27. The predicted molar refractivity (Wildman–Crippen MR) is 65.7 cm³/mol. The molecule has 1 aliphatic rings. The highest BCUT2D eigenvalue weighted by molar-refractivity contribution is 5.93. The molecular formula is C13H12FN3O3. The first-order valence-corrected chi connectivity index (χ1v) is 5.97. The summed E-state index contributed by atoms with van der Waals surface area (Å²) in [6, 6.07) is 4.78. The van der Waals surface area contributed by atoms with Crippen LogP contribution in [0.2, 0.25) is 0 Å². The highest BCUT2D eigenvalue weighted by atomic mass is 19.1. The van der Waals surface area contributed by atoms with Crippen LogP contribution in [0.15, 0.2) is 12.1 Å². The zero-order valence-corrected chi connectivity index (χ0v) is 10.8. The normalized spacial score (nSPS) is 21.6. The van der Waals surface area contributed by atoms with Crippen LogP contribution < -0.4 is 0 Å². The first kappa shape index (κ1) is 13.9. The Hall–Kier alpha value is -2.49. The largest absolute Gasteiger partial charge is 0.479 e. The summed E-state index contributed by atoms with van der Waals surface area (Å²) < 4.78 is 13.9. The van der Waals surface area contributed by atoms with Gasteiger partial charge in [0.2, 0.25) is 5.67 Å². The van der Waals surface area contributed by atoms with Crippen molar-refractivity contribution in [1.29, 1.82) is 5.26 Å². The lowest BCUT2D eigenvalue weighted by Gasteiger charge is -2.17. The summed E-state index contributed by atoms with van der Waals surface area (Å²) in [5, 5.41) is 17.6. The van der Waals surface area contributed by atoms with E-state index >= 15 is 0 Å². The number of alkyl halides is 1. The monoisotopic (exact) mass is 277 g/mol. The predicted octanol–water partition coefficient (Wildman–Crippen LogP) is 0.901. The Morgan fingerprint density at radius 2 is 2.25 bits per heavy atom. The molecule has 1 atom stereocenters. The van der Waals surface area contributed by atoms with Crippen molar-refractivity contribution < 1.29 is 19.1 Å². The second-order valence-corrected chi connectivity index (χ2v) is 4.69. The minimum Gasteiger partial charge on any atom is -0.479 e. The van der Waals surface area contributed by atoms with Crippen molar-refractivity contribution in [3.05, 3.63) is 29.1 Å². The van der Waals surface area contributed by atoms with Gasteiger partial charge in [0.15, 0.2) is 0 Å². The third kappa shape index (κ3) is 2.32. The van der Waals surface area contributed by atoms with E-state index in [1.807, 2.05) is 6.07 Å². The van der Waals surface area contributed by atoms with Gasteiger partial charge in [0.25, 0.3) is 5.91 Å². The fraction of sp³-hybridized carbons (Fsp3) is 0.385.